The quantitative estimate of drug-likeness (QED) is 0.386. The van der Waals surface area contributed by atoms with Gasteiger partial charge in [-0.25, -0.2) is 0 Å². The van der Waals surface area contributed by atoms with Crippen LogP contribution < -0.4 is 0 Å². The fourth-order valence-electron chi connectivity index (χ4n) is 4.59. The fraction of sp³-hybridized carbons (Fsp3) is 1.00. The average Bonchev–Trinajstić information content (AvgIpc) is 2.34. The van der Waals surface area contributed by atoms with E-state index in [9.17, 15) is 0 Å². The summed E-state index contributed by atoms with van der Waals surface area (Å²) in [6, 6.07) is 0. The SMILES string of the molecule is CCCC(CC(C)(C)C)C(C(C)C)C(CC(C)C)C(C)CC. The van der Waals surface area contributed by atoms with E-state index in [1.54, 1.807) is 0 Å². The minimum atomic E-state index is 0.449. The molecule has 0 aromatic rings. The fourth-order valence-corrected chi connectivity index (χ4v) is 4.59. The van der Waals surface area contributed by atoms with E-state index in [0.29, 0.717) is 5.41 Å². The first kappa shape index (κ1) is 22.0. The molecule has 0 aromatic carbocycles. The highest BCUT2D eigenvalue weighted by Gasteiger charge is 2.36. The first-order chi connectivity index (χ1) is 10.0. The molecular formula is C22H46. The Morgan fingerprint density at radius 2 is 1.41 bits per heavy atom. The molecule has 0 heteroatoms. The highest BCUT2D eigenvalue weighted by molar-refractivity contribution is 4.85. The maximum absolute atomic E-state index is 2.50. The van der Waals surface area contributed by atoms with Crippen LogP contribution in [-0.4, -0.2) is 0 Å². The Morgan fingerprint density at radius 1 is 0.864 bits per heavy atom. The van der Waals surface area contributed by atoms with E-state index in [1.807, 2.05) is 0 Å². The summed E-state index contributed by atoms with van der Waals surface area (Å²) < 4.78 is 0. The highest BCUT2D eigenvalue weighted by atomic mass is 14.4. The minimum absolute atomic E-state index is 0.449. The van der Waals surface area contributed by atoms with Gasteiger partial charge in [0.1, 0.15) is 0 Å². The Hall–Kier alpha value is 0. The topological polar surface area (TPSA) is 0 Å². The molecule has 4 atom stereocenters. The molecule has 0 fully saturated rings. The molecule has 0 rings (SSSR count). The lowest BCUT2D eigenvalue weighted by Crippen LogP contribution is -2.35. The average molecular weight is 311 g/mol. The Labute approximate surface area is 142 Å². The van der Waals surface area contributed by atoms with Gasteiger partial charge < -0.3 is 0 Å². The van der Waals surface area contributed by atoms with Gasteiger partial charge in [-0.15, -0.1) is 0 Å². The van der Waals surface area contributed by atoms with Crippen molar-refractivity contribution in [2.24, 2.45) is 40.9 Å². The van der Waals surface area contributed by atoms with Crippen LogP contribution in [0.3, 0.4) is 0 Å². The Kier molecular flexibility index (Phi) is 9.99. The molecule has 0 radical (unpaired) electrons. The molecule has 0 amide bonds. The van der Waals surface area contributed by atoms with E-state index in [0.717, 1.165) is 35.5 Å². The predicted octanol–water partition coefficient (Wildman–Crippen LogP) is 7.82. The molecule has 0 bridgehead atoms. The molecule has 4 unspecified atom stereocenters. The molecular weight excluding hydrogens is 264 g/mol. The van der Waals surface area contributed by atoms with Crippen molar-refractivity contribution in [3.63, 3.8) is 0 Å². The molecule has 0 nitrogen and oxygen atoms in total. The van der Waals surface area contributed by atoms with Crippen molar-refractivity contribution in [2.45, 2.75) is 101 Å². The Morgan fingerprint density at radius 3 is 1.73 bits per heavy atom. The molecule has 0 N–H and O–H groups in total. The largest absolute Gasteiger partial charge is 0.0654 e. The molecule has 0 aliphatic heterocycles. The van der Waals surface area contributed by atoms with E-state index in [-0.39, 0.29) is 0 Å². The zero-order chi connectivity index (χ0) is 17.5. The van der Waals surface area contributed by atoms with E-state index in [4.69, 9.17) is 0 Å². The summed E-state index contributed by atoms with van der Waals surface area (Å²) in [5.74, 6) is 5.14. The molecule has 0 aliphatic carbocycles. The summed E-state index contributed by atoms with van der Waals surface area (Å²) in [5.41, 5.74) is 0.449. The molecule has 0 saturated heterocycles. The van der Waals surface area contributed by atoms with Crippen molar-refractivity contribution >= 4 is 0 Å². The van der Waals surface area contributed by atoms with Gasteiger partial charge in [-0.3, -0.25) is 0 Å². The van der Waals surface area contributed by atoms with Gasteiger partial charge in [-0.2, -0.15) is 0 Å². The third kappa shape index (κ3) is 8.02. The van der Waals surface area contributed by atoms with Gasteiger partial charge >= 0.3 is 0 Å². The zero-order valence-corrected chi connectivity index (χ0v) is 17.5. The summed E-state index contributed by atoms with van der Waals surface area (Å²) in [4.78, 5) is 0. The molecule has 134 valence electrons. The molecule has 0 heterocycles. The third-order valence-corrected chi connectivity index (χ3v) is 5.46. The summed E-state index contributed by atoms with van der Waals surface area (Å²) in [6.07, 6.45) is 6.86. The van der Waals surface area contributed by atoms with Crippen LogP contribution in [-0.2, 0) is 0 Å². The van der Waals surface area contributed by atoms with Crippen LogP contribution in [0.15, 0.2) is 0 Å². The standard InChI is InChI=1S/C22H46/c1-11-13-19(15-22(8,9)10)21(17(5)6)20(14-16(3)4)18(7)12-2/h16-21H,11-15H2,1-10H3. The van der Waals surface area contributed by atoms with Gasteiger partial charge in [-0.05, 0) is 53.8 Å². The second-order valence-corrected chi connectivity index (χ2v) is 9.81. The van der Waals surface area contributed by atoms with Gasteiger partial charge in [0.25, 0.3) is 0 Å². The number of hydrogen-bond donors (Lipinski definition) is 0. The van der Waals surface area contributed by atoms with Crippen molar-refractivity contribution < 1.29 is 0 Å². The number of hydrogen-bond acceptors (Lipinski definition) is 0. The molecule has 0 aromatic heterocycles. The van der Waals surface area contributed by atoms with Crippen LogP contribution in [0.25, 0.3) is 0 Å². The van der Waals surface area contributed by atoms with Gasteiger partial charge in [-0.1, -0.05) is 88.5 Å². The van der Waals surface area contributed by atoms with Gasteiger partial charge in [0.05, 0.1) is 0 Å². The molecule has 22 heavy (non-hydrogen) atoms. The van der Waals surface area contributed by atoms with E-state index in [1.165, 1.54) is 32.1 Å². The summed E-state index contributed by atoms with van der Waals surface area (Å²) in [6.45, 7) is 24.3. The molecule has 0 spiro atoms. The van der Waals surface area contributed by atoms with Crippen LogP contribution >= 0.6 is 0 Å². The van der Waals surface area contributed by atoms with Crippen molar-refractivity contribution in [1.29, 1.82) is 0 Å². The van der Waals surface area contributed by atoms with E-state index >= 15 is 0 Å². The highest BCUT2D eigenvalue weighted by Crippen LogP contribution is 2.44. The summed E-state index contributed by atoms with van der Waals surface area (Å²) >= 11 is 0. The first-order valence-electron chi connectivity index (χ1n) is 10.0. The van der Waals surface area contributed by atoms with Crippen LogP contribution in [0.1, 0.15) is 101 Å². The van der Waals surface area contributed by atoms with Crippen LogP contribution in [0.2, 0.25) is 0 Å². The molecule has 0 aliphatic rings. The smallest absolute Gasteiger partial charge is 0.0331 e. The van der Waals surface area contributed by atoms with Crippen LogP contribution in [0.4, 0.5) is 0 Å². The lowest BCUT2D eigenvalue weighted by Gasteiger charge is -2.42. The van der Waals surface area contributed by atoms with Crippen molar-refractivity contribution in [3.8, 4) is 0 Å². The third-order valence-electron chi connectivity index (χ3n) is 5.46. The second kappa shape index (κ2) is 9.99. The maximum Gasteiger partial charge on any atom is -0.0331 e. The lowest BCUT2D eigenvalue weighted by molar-refractivity contribution is 0.0685. The van der Waals surface area contributed by atoms with E-state index < -0.39 is 0 Å². The monoisotopic (exact) mass is 310 g/mol. The van der Waals surface area contributed by atoms with E-state index in [2.05, 4.69) is 69.2 Å². The first-order valence-corrected chi connectivity index (χ1v) is 10.0. The normalized spacial score (nSPS) is 18.5. The van der Waals surface area contributed by atoms with Crippen molar-refractivity contribution in [1.82, 2.24) is 0 Å². The Balaban J connectivity index is 5.46. The zero-order valence-electron chi connectivity index (χ0n) is 17.5. The maximum atomic E-state index is 2.50. The number of rotatable bonds is 10. The molecule has 0 saturated carbocycles. The summed E-state index contributed by atoms with van der Waals surface area (Å²) in [7, 11) is 0. The predicted molar refractivity (Wildman–Crippen MR) is 103 cm³/mol. The van der Waals surface area contributed by atoms with Crippen molar-refractivity contribution in [3.05, 3.63) is 0 Å². The van der Waals surface area contributed by atoms with Gasteiger partial charge in [0.2, 0.25) is 0 Å². The van der Waals surface area contributed by atoms with Crippen LogP contribution in [0, 0.1) is 40.9 Å². The minimum Gasteiger partial charge on any atom is -0.0654 e. The summed E-state index contributed by atoms with van der Waals surface area (Å²) in [5, 5.41) is 0. The van der Waals surface area contributed by atoms with Crippen LogP contribution in [0.5, 0.6) is 0 Å². The Bertz CT molecular complexity index is 268. The van der Waals surface area contributed by atoms with Crippen molar-refractivity contribution in [2.75, 3.05) is 0 Å². The van der Waals surface area contributed by atoms with Gasteiger partial charge in [0.15, 0.2) is 0 Å². The second-order valence-electron chi connectivity index (χ2n) is 9.81. The van der Waals surface area contributed by atoms with Gasteiger partial charge in [0, 0.05) is 0 Å². The lowest BCUT2D eigenvalue weighted by atomic mass is 9.63.